The largest absolute Gasteiger partial charge is 0.455 e. The Morgan fingerprint density at radius 1 is 0.603 bits per heavy atom. The zero-order valence-corrected chi connectivity index (χ0v) is 32.8. The molecule has 1 N–H and O–H groups in total. The van der Waals surface area contributed by atoms with Gasteiger partial charge >= 0.3 is 0 Å². The number of fused-ring (bicyclic) bond motifs is 6. The van der Waals surface area contributed by atoms with Gasteiger partial charge in [0.05, 0.1) is 0 Å². The summed E-state index contributed by atoms with van der Waals surface area (Å²) < 4.78 is 9.59. The fourth-order valence-electron chi connectivity index (χ4n) is 9.07. The van der Waals surface area contributed by atoms with Gasteiger partial charge in [0.25, 0.3) is 0 Å². The summed E-state index contributed by atoms with van der Waals surface area (Å²) in [6.07, 6.45) is 13.8. The lowest BCUT2D eigenvalue weighted by molar-refractivity contribution is 0.661. The Bertz CT molecular complexity index is 3130. The molecule has 3 heterocycles. The summed E-state index contributed by atoms with van der Waals surface area (Å²) in [7, 11) is 0. The Labute approximate surface area is 342 Å². The van der Waals surface area contributed by atoms with Crippen LogP contribution in [0.1, 0.15) is 53.6 Å². The van der Waals surface area contributed by atoms with Crippen LogP contribution in [-0.4, -0.2) is 5.71 Å². The third kappa shape index (κ3) is 6.09. The molecule has 0 amide bonds. The summed E-state index contributed by atoms with van der Waals surface area (Å²) in [5.74, 6) is 0.271. The highest BCUT2D eigenvalue weighted by atomic mass is 32.1. The highest BCUT2D eigenvalue weighted by molar-refractivity contribution is 7.25. The van der Waals surface area contributed by atoms with Gasteiger partial charge < -0.3 is 9.73 Å². The van der Waals surface area contributed by atoms with Gasteiger partial charge in [-0.05, 0) is 82.5 Å². The molecule has 0 fully saturated rings. The van der Waals surface area contributed by atoms with E-state index in [4.69, 9.17) is 9.41 Å². The summed E-state index contributed by atoms with van der Waals surface area (Å²) >= 11 is 1.88. The minimum Gasteiger partial charge on any atom is -0.455 e. The van der Waals surface area contributed by atoms with Crippen molar-refractivity contribution in [1.29, 1.82) is 0 Å². The lowest BCUT2D eigenvalue weighted by atomic mass is 9.83. The molecule has 3 nitrogen and oxygen atoms in total. The number of furan rings is 1. The third-order valence-electron chi connectivity index (χ3n) is 11.8. The first-order chi connectivity index (χ1) is 28.8. The van der Waals surface area contributed by atoms with Crippen LogP contribution in [0.15, 0.2) is 198 Å². The number of nitrogens with one attached hydrogen (secondary N) is 1. The van der Waals surface area contributed by atoms with Gasteiger partial charge in [-0.25, -0.2) is 0 Å². The Balaban J connectivity index is 1.03. The lowest BCUT2D eigenvalue weighted by Gasteiger charge is -2.23. The zero-order valence-electron chi connectivity index (χ0n) is 31.9. The number of nitrogens with zero attached hydrogens (tertiary/aromatic N) is 1. The molecule has 7 aromatic carbocycles. The van der Waals surface area contributed by atoms with Gasteiger partial charge in [-0.3, -0.25) is 4.99 Å². The molecular formula is C54H40N2OS. The normalized spacial score (nSPS) is 17.9. The second-order valence-corrected chi connectivity index (χ2v) is 16.3. The van der Waals surface area contributed by atoms with Gasteiger partial charge in [-0.15, -0.1) is 11.3 Å². The number of hydrogen-bond acceptors (Lipinski definition) is 4. The predicted octanol–water partition coefficient (Wildman–Crippen LogP) is 14.8. The van der Waals surface area contributed by atoms with Crippen LogP contribution >= 0.6 is 11.3 Å². The van der Waals surface area contributed by atoms with Gasteiger partial charge in [-0.2, -0.15) is 0 Å². The molecule has 9 aromatic rings. The first-order valence-corrected chi connectivity index (χ1v) is 21.0. The van der Waals surface area contributed by atoms with Crippen LogP contribution < -0.4 is 5.32 Å². The Kier molecular flexibility index (Phi) is 8.71. The summed E-state index contributed by atoms with van der Waals surface area (Å²) in [5, 5.41) is 8.75. The SMILES string of the molecule is C1=CCC(c2c(-c3cccc4c3oc3cccc(-c5cccc(C6=NC(c7ccccc7)N/C(c7ccccc7)=C\CC6)c5)c34)ccc3sc4ccccc4c23)C=C1. The standard InChI is InChI=1S/C54H40N2OS/c1-4-16-35(17-5-1)45-28-15-29-46(56-54(55-45)37-20-8-3-9-21-37)39-23-12-22-38(34-39)40-25-14-30-47-51(40)44-27-13-26-42(53(44)57-47)41-32-33-49-52(43-24-10-11-31-48(43)58-49)50(41)36-18-6-2-7-19-36/h1-14,16-18,20-28,30-34,36,54-55H,15,19,29H2/b45-28-,56-46?. The molecular weight excluding hydrogens is 725 g/mol. The molecule has 0 bridgehead atoms. The summed E-state index contributed by atoms with van der Waals surface area (Å²) in [6, 6.07) is 56.7. The number of benzene rings is 7. The maximum atomic E-state index is 6.94. The van der Waals surface area contributed by atoms with E-state index in [-0.39, 0.29) is 12.1 Å². The highest BCUT2D eigenvalue weighted by Gasteiger charge is 2.24. The van der Waals surface area contributed by atoms with E-state index >= 15 is 0 Å². The van der Waals surface area contributed by atoms with Crippen LogP contribution in [0.4, 0.5) is 0 Å². The average Bonchev–Trinajstić information content (AvgIpc) is 3.86. The first kappa shape index (κ1) is 34.5. The van der Waals surface area contributed by atoms with E-state index in [0.29, 0.717) is 0 Å². The van der Waals surface area contributed by atoms with Crippen molar-refractivity contribution in [2.75, 3.05) is 0 Å². The molecule has 0 radical (unpaired) electrons. The van der Waals surface area contributed by atoms with Crippen molar-refractivity contribution < 1.29 is 4.42 Å². The minimum atomic E-state index is -0.220. The van der Waals surface area contributed by atoms with Gasteiger partial charge in [0.1, 0.15) is 17.3 Å². The second kappa shape index (κ2) is 14.6. The van der Waals surface area contributed by atoms with Crippen LogP contribution in [0, 0.1) is 0 Å². The summed E-state index contributed by atoms with van der Waals surface area (Å²) in [5.41, 5.74) is 13.5. The van der Waals surface area contributed by atoms with E-state index in [1.54, 1.807) is 0 Å². The van der Waals surface area contributed by atoms with Crippen LogP contribution in [0.25, 0.3) is 70.1 Å². The molecule has 2 atom stereocenters. The maximum Gasteiger partial charge on any atom is 0.145 e. The summed E-state index contributed by atoms with van der Waals surface area (Å²) in [4.78, 5) is 5.46. The van der Waals surface area contributed by atoms with Crippen molar-refractivity contribution in [3.63, 3.8) is 0 Å². The number of rotatable bonds is 6. The Morgan fingerprint density at radius 2 is 1.36 bits per heavy atom. The van der Waals surface area contributed by atoms with E-state index in [2.05, 4.69) is 193 Å². The van der Waals surface area contributed by atoms with Gasteiger partial charge in [0, 0.05) is 53.8 Å². The van der Waals surface area contributed by atoms with Crippen LogP contribution in [0.5, 0.6) is 0 Å². The Morgan fingerprint density at radius 3 is 2.24 bits per heavy atom. The smallest absolute Gasteiger partial charge is 0.145 e. The molecule has 0 saturated heterocycles. The van der Waals surface area contributed by atoms with E-state index in [9.17, 15) is 0 Å². The molecule has 2 aromatic heterocycles. The van der Waals surface area contributed by atoms with E-state index in [1.807, 2.05) is 11.3 Å². The second-order valence-electron chi connectivity index (χ2n) is 15.3. The quantitative estimate of drug-likeness (QED) is 0.183. The van der Waals surface area contributed by atoms with Gasteiger partial charge in [0.15, 0.2) is 0 Å². The van der Waals surface area contributed by atoms with Crippen molar-refractivity contribution >= 4 is 64.9 Å². The lowest BCUT2D eigenvalue weighted by Crippen LogP contribution is -2.22. The number of hydrogen-bond donors (Lipinski definition) is 1. The van der Waals surface area contributed by atoms with Crippen LogP contribution in [0.3, 0.4) is 0 Å². The zero-order chi connectivity index (χ0) is 38.4. The topological polar surface area (TPSA) is 37.5 Å². The fraction of sp³-hybridized carbons (Fsp3) is 0.0926. The molecule has 1 aliphatic carbocycles. The molecule has 0 saturated carbocycles. The number of para-hydroxylation sites is 1. The fourth-order valence-corrected chi connectivity index (χ4v) is 10.2. The van der Waals surface area contributed by atoms with Crippen molar-refractivity contribution in [1.82, 2.24) is 5.32 Å². The maximum absolute atomic E-state index is 6.94. The summed E-state index contributed by atoms with van der Waals surface area (Å²) in [6.45, 7) is 0. The number of thiophene rings is 1. The first-order valence-electron chi connectivity index (χ1n) is 20.2. The van der Waals surface area contributed by atoms with Crippen molar-refractivity contribution in [3.05, 3.63) is 210 Å². The molecule has 0 spiro atoms. The van der Waals surface area contributed by atoms with E-state index in [0.717, 1.165) is 80.4 Å². The van der Waals surface area contributed by atoms with Crippen molar-refractivity contribution in [2.45, 2.75) is 31.3 Å². The van der Waals surface area contributed by atoms with E-state index in [1.165, 1.54) is 36.9 Å². The van der Waals surface area contributed by atoms with Crippen molar-refractivity contribution in [3.8, 4) is 22.3 Å². The van der Waals surface area contributed by atoms with Crippen LogP contribution in [-0.2, 0) is 0 Å². The average molecular weight is 765 g/mol. The van der Waals surface area contributed by atoms with Crippen LogP contribution in [0.2, 0.25) is 0 Å². The molecule has 2 aliphatic rings. The molecule has 11 rings (SSSR count). The Hall–Kier alpha value is -6.75. The number of allylic oxidation sites excluding steroid dienone is 5. The molecule has 2 unspecified atom stereocenters. The molecule has 58 heavy (non-hydrogen) atoms. The van der Waals surface area contributed by atoms with E-state index < -0.39 is 0 Å². The third-order valence-corrected chi connectivity index (χ3v) is 12.9. The molecule has 278 valence electrons. The molecule has 1 aliphatic heterocycles. The number of aliphatic imine (C=N–C) groups is 1. The van der Waals surface area contributed by atoms with Gasteiger partial charge in [-0.1, -0.05) is 164 Å². The monoisotopic (exact) mass is 764 g/mol. The molecule has 4 heteroatoms. The highest BCUT2D eigenvalue weighted by Crippen LogP contribution is 2.48. The predicted molar refractivity (Wildman–Crippen MR) is 246 cm³/mol. The minimum absolute atomic E-state index is 0.220. The van der Waals surface area contributed by atoms with Crippen molar-refractivity contribution in [2.24, 2.45) is 4.99 Å². The van der Waals surface area contributed by atoms with Gasteiger partial charge in [0.2, 0.25) is 0 Å².